The number of thioether (sulfide) groups is 1. The molecule has 5 heteroatoms. The third kappa shape index (κ3) is 3.90. The highest BCUT2D eigenvalue weighted by Gasteiger charge is 2.25. The van der Waals surface area contributed by atoms with E-state index in [4.69, 9.17) is 0 Å². The number of anilines is 1. The molecular formula is C19H21FN2OS. The Balaban J connectivity index is 1.68. The lowest BCUT2D eigenvalue weighted by molar-refractivity contribution is 0.0711. The molecule has 1 aliphatic heterocycles. The highest BCUT2D eigenvalue weighted by Crippen LogP contribution is 2.24. The molecule has 1 amide bonds. The first-order valence-electron chi connectivity index (χ1n) is 8.12. The first-order chi connectivity index (χ1) is 11.7. The molecule has 1 heterocycles. The van der Waals surface area contributed by atoms with Crippen LogP contribution in [0.4, 0.5) is 10.1 Å². The summed E-state index contributed by atoms with van der Waals surface area (Å²) >= 11 is 1.59. The Bertz CT molecular complexity index is 705. The number of benzene rings is 2. The second-order valence-corrected chi connectivity index (χ2v) is 6.79. The maximum absolute atomic E-state index is 13.0. The summed E-state index contributed by atoms with van der Waals surface area (Å²) in [6.45, 7) is 1.45. The van der Waals surface area contributed by atoms with Gasteiger partial charge in [-0.05, 0) is 55.5 Å². The first-order valence-corrected chi connectivity index (χ1v) is 9.34. The number of nitrogens with one attached hydrogen (secondary N) is 1. The lowest BCUT2D eigenvalue weighted by atomic mass is 10.0. The number of piperidine rings is 1. The molecule has 3 nitrogen and oxygen atoms in total. The fourth-order valence-electron chi connectivity index (χ4n) is 3.05. The molecule has 1 atom stereocenters. The van der Waals surface area contributed by atoms with Crippen LogP contribution in [0.5, 0.6) is 0 Å². The summed E-state index contributed by atoms with van der Waals surface area (Å²) in [6.07, 6.45) is 3.96. The highest BCUT2D eigenvalue weighted by atomic mass is 32.2. The normalized spacial score (nSPS) is 17.6. The van der Waals surface area contributed by atoms with Gasteiger partial charge >= 0.3 is 0 Å². The molecule has 0 bridgehead atoms. The van der Waals surface area contributed by atoms with E-state index >= 15 is 0 Å². The summed E-state index contributed by atoms with van der Waals surface area (Å²) in [4.78, 5) is 15.8. The Morgan fingerprint density at radius 1 is 1.21 bits per heavy atom. The Morgan fingerprint density at radius 3 is 2.71 bits per heavy atom. The van der Waals surface area contributed by atoms with E-state index in [1.165, 1.54) is 12.1 Å². The molecule has 1 fully saturated rings. The third-order valence-corrected chi connectivity index (χ3v) is 5.06. The minimum atomic E-state index is -0.241. The van der Waals surface area contributed by atoms with Gasteiger partial charge in [-0.3, -0.25) is 4.79 Å². The van der Waals surface area contributed by atoms with Crippen molar-refractivity contribution < 1.29 is 9.18 Å². The highest BCUT2D eigenvalue weighted by molar-refractivity contribution is 7.98. The van der Waals surface area contributed by atoms with Crippen molar-refractivity contribution in [2.45, 2.75) is 23.8 Å². The number of carbonyl (C=O) groups excluding carboxylic acids is 1. The van der Waals surface area contributed by atoms with E-state index in [0.29, 0.717) is 6.54 Å². The smallest absolute Gasteiger partial charge is 0.255 e. The van der Waals surface area contributed by atoms with Crippen molar-refractivity contribution in [3.8, 4) is 0 Å². The van der Waals surface area contributed by atoms with Gasteiger partial charge in [0.1, 0.15) is 5.82 Å². The molecule has 1 unspecified atom stereocenters. The summed E-state index contributed by atoms with van der Waals surface area (Å²) in [5, 5.41) is 3.41. The molecule has 0 saturated carbocycles. The van der Waals surface area contributed by atoms with Gasteiger partial charge in [0, 0.05) is 29.7 Å². The zero-order valence-electron chi connectivity index (χ0n) is 13.7. The number of halogens is 1. The van der Waals surface area contributed by atoms with Gasteiger partial charge in [-0.2, -0.15) is 0 Å². The Morgan fingerprint density at radius 2 is 1.96 bits per heavy atom. The number of hydrogen-bond acceptors (Lipinski definition) is 3. The molecule has 3 rings (SSSR count). The van der Waals surface area contributed by atoms with E-state index < -0.39 is 0 Å². The minimum Gasteiger partial charge on any atom is -0.381 e. The average molecular weight is 344 g/mol. The maximum atomic E-state index is 13.0. The van der Waals surface area contributed by atoms with E-state index in [1.807, 2.05) is 35.4 Å². The Hall–Kier alpha value is -2.01. The molecule has 24 heavy (non-hydrogen) atoms. The largest absolute Gasteiger partial charge is 0.381 e. The Kier molecular flexibility index (Phi) is 5.41. The summed E-state index contributed by atoms with van der Waals surface area (Å²) in [5.41, 5.74) is 1.66. The predicted octanol–water partition coefficient (Wildman–Crippen LogP) is 4.26. The zero-order chi connectivity index (χ0) is 16.9. The summed E-state index contributed by atoms with van der Waals surface area (Å²) in [7, 11) is 0. The molecule has 2 aromatic carbocycles. The van der Waals surface area contributed by atoms with E-state index in [1.54, 1.807) is 23.9 Å². The lowest BCUT2D eigenvalue weighted by Crippen LogP contribution is -2.45. The van der Waals surface area contributed by atoms with Crippen LogP contribution in [0.25, 0.3) is 0 Å². The number of likely N-dealkylation sites (tertiary alicyclic amines) is 1. The molecule has 0 spiro atoms. The van der Waals surface area contributed by atoms with Gasteiger partial charge in [0.25, 0.3) is 5.91 Å². The van der Waals surface area contributed by atoms with Gasteiger partial charge in [0.2, 0.25) is 0 Å². The number of nitrogens with zero attached hydrogens (tertiary/aromatic N) is 1. The van der Waals surface area contributed by atoms with Crippen molar-refractivity contribution in [2.24, 2.45) is 0 Å². The SMILES string of the molecule is CSc1ccccc1C(=O)N1CCCC(Nc2ccc(F)cc2)C1. The van der Waals surface area contributed by atoms with Crippen LogP contribution in [0.1, 0.15) is 23.2 Å². The first kappa shape index (κ1) is 16.8. The molecule has 0 aromatic heterocycles. The van der Waals surface area contributed by atoms with E-state index in [0.717, 1.165) is 35.5 Å². The standard InChI is InChI=1S/C19H21FN2OS/c1-24-18-7-3-2-6-17(18)19(23)22-12-4-5-16(13-22)21-15-10-8-14(20)9-11-15/h2-3,6-11,16,21H,4-5,12-13H2,1H3. The van der Waals surface area contributed by atoms with Crippen LogP contribution < -0.4 is 5.32 Å². The number of carbonyl (C=O) groups is 1. The van der Waals surface area contributed by atoms with Gasteiger partial charge in [-0.1, -0.05) is 12.1 Å². The molecule has 0 aliphatic carbocycles. The fraction of sp³-hybridized carbons (Fsp3) is 0.316. The number of hydrogen-bond donors (Lipinski definition) is 1. The fourth-order valence-corrected chi connectivity index (χ4v) is 3.64. The summed E-state index contributed by atoms with van der Waals surface area (Å²) in [5.74, 6) is -0.153. The molecule has 126 valence electrons. The van der Waals surface area contributed by atoms with Gasteiger partial charge in [-0.25, -0.2) is 4.39 Å². The van der Waals surface area contributed by atoms with Crippen LogP contribution in [-0.4, -0.2) is 36.2 Å². The van der Waals surface area contributed by atoms with Crippen molar-refractivity contribution in [1.82, 2.24) is 4.90 Å². The van der Waals surface area contributed by atoms with Crippen molar-refractivity contribution >= 4 is 23.4 Å². The van der Waals surface area contributed by atoms with Crippen molar-refractivity contribution in [3.63, 3.8) is 0 Å². The second-order valence-electron chi connectivity index (χ2n) is 5.94. The minimum absolute atomic E-state index is 0.0885. The van der Waals surface area contributed by atoms with Crippen molar-refractivity contribution in [1.29, 1.82) is 0 Å². The lowest BCUT2D eigenvalue weighted by Gasteiger charge is -2.34. The van der Waals surface area contributed by atoms with Crippen LogP contribution in [0, 0.1) is 5.82 Å². The third-order valence-electron chi connectivity index (χ3n) is 4.26. The molecule has 1 aliphatic rings. The quantitative estimate of drug-likeness (QED) is 0.841. The van der Waals surface area contributed by atoms with Crippen molar-refractivity contribution in [2.75, 3.05) is 24.7 Å². The van der Waals surface area contributed by atoms with E-state index in [-0.39, 0.29) is 17.8 Å². The average Bonchev–Trinajstić information content (AvgIpc) is 2.63. The summed E-state index contributed by atoms with van der Waals surface area (Å²) in [6, 6.07) is 14.3. The van der Waals surface area contributed by atoms with E-state index in [2.05, 4.69) is 5.32 Å². The van der Waals surface area contributed by atoms with Crippen LogP contribution in [0.2, 0.25) is 0 Å². The van der Waals surface area contributed by atoms with Crippen molar-refractivity contribution in [3.05, 3.63) is 59.9 Å². The van der Waals surface area contributed by atoms with Gasteiger partial charge in [0.05, 0.1) is 5.56 Å². The molecule has 1 N–H and O–H groups in total. The molecule has 2 aromatic rings. The van der Waals surface area contributed by atoms with Crippen LogP contribution in [0.3, 0.4) is 0 Å². The van der Waals surface area contributed by atoms with E-state index in [9.17, 15) is 9.18 Å². The van der Waals surface area contributed by atoms with Gasteiger partial charge in [-0.15, -0.1) is 11.8 Å². The maximum Gasteiger partial charge on any atom is 0.255 e. The number of amides is 1. The number of rotatable bonds is 4. The van der Waals surface area contributed by atoms with Crippen LogP contribution in [0.15, 0.2) is 53.4 Å². The Labute approximate surface area is 146 Å². The molecular weight excluding hydrogens is 323 g/mol. The topological polar surface area (TPSA) is 32.3 Å². The van der Waals surface area contributed by atoms with Crippen LogP contribution in [-0.2, 0) is 0 Å². The van der Waals surface area contributed by atoms with Gasteiger partial charge < -0.3 is 10.2 Å². The monoisotopic (exact) mass is 344 g/mol. The van der Waals surface area contributed by atoms with Crippen LogP contribution >= 0.6 is 11.8 Å². The predicted molar refractivity (Wildman–Crippen MR) is 97.2 cm³/mol. The zero-order valence-corrected chi connectivity index (χ0v) is 14.5. The van der Waals surface area contributed by atoms with Gasteiger partial charge in [0.15, 0.2) is 0 Å². The molecule has 0 radical (unpaired) electrons. The molecule has 1 saturated heterocycles. The second kappa shape index (κ2) is 7.71. The summed E-state index contributed by atoms with van der Waals surface area (Å²) < 4.78 is 13.0.